The third-order valence-corrected chi connectivity index (χ3v) is 2.77. The molecule has 1 heterocycles. The summed E-state index contributed by atoms with van der Waals surface area (Å²) in [7, 11) is 0. The molecular formula is C14H14N2O. The maximum atomic E-state index is 11.8. The van der Waals surface area contributed by atoms with Crippen molar-refractivity contribution in [1.82, 2.24) is 9.55 Å². The Labute approximate surface area is 99.7 Å². The van der Waals surface area contributed by atoms with Crippen LogP contribution < -0.4 is 5.56 Å². The molecule has 0 saturated heterocycles. The second kappa shape index (κ2) is 4.37. The molecule has 0 atom stereocenters. The SMILES string of the molecule is C=CC=Cn1c(=O)cnc2cc(C)c(C)cc21. The van der Waals surface area contributed by atoms with Crippen molar-refractivity contribution in [2.24, 2.45) is 0 Å². The predicted octanol–water partition coefficient (Wildman–Crippen LogP) is 2.67. The molecule has 0 spiro atoms. The zero-order valence-electron chi connectivity index (χ0n) is 9.97. The van der Waals surface area contributed by atoms with Crippen LogP contribution in [-0.2, 0) is 0 Å². The van der Waals surface area contributed by atoms with Gasteiger partial charge in [0.1, 0.15) is 0 Å². The Morgan fingerprint density at radius 3 is 2.71 bits per heavy atom. The van der Waals surface area contributed by atoms with Crippen molar-refractivity contribution in [2.45, 2.75) is 13.8 Å². The molecule has 0 unspecified atom stereocenters. The fourth-order valence-electron chi connectivity index (χ4n) is 1.69. The van der Waals surface area contributed by atoms with Crippen LogP contribution in [-0.4, -0.2) is 9.55 Å². The minimum Gasteiger partial charge on any atom is -0.281 e. The average Bonchev–Trinajstić information content (AvgIpc) is 2.30. The Bertz CT molecular complexity index is 666. The summed E-state index contributed by atoms with van der Waals surface area (Å²) in [5.41, 5.74) is 3.81. The van der Waals surface area contributed by atoms with Crippen LogP contribution in [0.1, 0.15) is 11.1 Å². The Morgan fingerprint density at radius 1 is 1.29 bits per heavy atom. The Hall–Kier alpha value is -2.16. The van der Waals surface area contributed by atoms with E-state index in [1.54, 1.807) is 22.9 Å². The summed E-state index contributed by atoms with van der Waals surface area (Å²) < 4.78 is 1.58. The zero-order chi connectivity index (χ0) is 12.4. The van der Waals surface area contributed by atoms with E-state index >= 15 is 0 Å². The lowest BCUT2D eigenvalue weighted by atomic mass is 10.1. The van der Waals surface area contributed by atoms with Crippen LogP contribution in [0, 0.1) is 13.8 Å². The lowest BCUT2D eigenvalue weighted by Gasteiger charge is -2.07. The third kappa shape index (κ3) is 2.04. The molecule has 0 amide bonds. The summed E-state index contributed by atoms with van der Waals surface area (Å²) in [6.45, 7) is 7.65. The summed E-state index contributed by atoms with van der Waals surface area (Å²) in [5, 5.41) is 0. The van der Waals surface area contributed by atoms with E-state index in [1.165, 1.54) is 11.8 Å². The highest BCUT2D eigenvalue weighted by Crippen LogP contribution is 2.16. The van der Waals surface area contributed by atoms with Crippen molar-refractivity contribution in [2.75, 3.05) is 0 Å². The number of fused-ring (bicyclic) bond motifs is 1. The number of hydrogen-bond donors (Lipinski definition) is 0. The van der Waals surface area contributed by atoms with Gasteiger partial charge in [-0.15, -0.1) is 0 Å². The van der Waals surface area contributed by atoms with E-state index in [1.807, 2.05) is 26.0 Å². The molecular weight excluding hydrogens is 212 g/mol. The molecule has 0 bridgehead atoms. The van der Waals surface area contributed by atoms with Crippen LogP contribution in [0.4, 0.5) is 0 Å². The van der Waals surface area contributed by atoms with E-state index in [2.05, 4.69) is 11.6 Å². The van der Waals surface area contributed by atoms with Crippen LogP contribution in [0.5, 0.6) is 0 Å². The van der Waals surface area contributed by atoms with Crippen molar-refractivity contribution >= 4 is 17.2 Å². The van der Waals surface area contributed by atoms with Gasteiger partial charge in [0.15, 0.2) is 0 Å². The largest absolute Gasteiger partial charge is 0.281 e. The van der Waals surface area contributed by atoms with Gasteiger partial charge in [0.2, 0.25) is 0 Å². The van der Waals surface area contributed by atoms with Gasteiger partial charge in [-0.25, -0.2) is 4.98 Å². The normalized spacial score (nSPS) is 11.2. The highest BCUT2D eigenvalue weighted by Gasteiger charge is 2.03. The van der Waals surface area contributed by atoms with Gasteiger partial charge in [-0.2, -0.15) is 0 Å². The van der Waals surface area contributed by atoms with Gasteiger partial charge in [0.25, 0.3) is 5.56 Å². The molecule has 1 aromatic heterocycles. The van der Waals surface area contributed by atoms with Gasteiger partial charge in [0.05, 0.1) is 17.2 Å². The first kappa shape index (κ1) is 11.3. The van der Waals surface area contributed by atoms with Crippen LogP contribution in [0.3, 0.4) is 0 Å². The predicted molar refractivity (Wildman–Crippen MR) is 71.0 cm³/mol. The van der Waals surface area contributed by atoms with Crippen molar-refractivity contribution in [3.63, 3.8) is 0 Å². The van der Waals surface area contributed by atoms with E-state index in [0.29, 0.717) is 0 Å². The van der Waals surface area contributed by atoms with Crippen molar-refractivity contribution in [1.29, 1.82) is 0 Å². The number of rotatable bonds is 2. The molecule has 17 heavy (non-hydrogen) atoms. The van der Waals surface area contributed by atoms with Crippen LogP contribution in [0.15, 0.2) is 41.9 Å². The fourth-order valence-corrected chi connectivity index (χ4v) is 1.69. The number of allylic oxidation sites excluding steroid dienone is 2. The molecule has 0 N–H and O–H groups in total. The maximum absolute atomic E-state index is 11.8. The number of nitrogens with zero attached hydrogens (tertiary/aromatic N) is 2. The first-order valence-electron chi connectivity index (χ1n) is 5.41. The number of hydrogen-bond acceptors (Lipinski definition) is 2. The van der Waals surface area contributed by atoms with Gasteiger partial charge in [0, 0.05) is 6.20 Å². The Morgan fingerprint density at radius 2 is 2.00 bits per heavy atom. The number of aromatic nitrogens is 2. The second-order valence-corrected chi connectivity index (χ2v) is 3.97. The summed E-state index contributed by atoms with van der Waals surface area (Å²) in [5.74, 6) is 0. The third-order valence-electron chi connectivity index (χ3n) is 2.77. The van der Waals surface area contributed by atoms with Crippen molar-refractivity contribution < 1.29 is 0 Å². The van der Waals surface area contributed by atoms with Crippen LogP contribution >= 0.6 is 0 Å². The quantitative estimate of drug-likeness (QED) is 0.738. The van der Waals surface area contributed by atoms with Crippen molar-refractivity contribution in [3.8, 4) is 0 Å². The topological polar surface area (TPSA) is 34.9 Å². The summed E-state index contributed by atoms with van der Waals surface area (Å²) >= 11 is 0. The van der Waals surface area contributed by atoms with E-state index in [-0.39, 0.29) is 5.56 Å². The Kier molecular flexibility index (Phi) is 2.91. The molecule has 3 nitrogen and oxygen atoms in total. The number of aryl methyl sites for hydroxylation is 2. The monoisotopic (exact) mass is 226 g/mol. The first-order valence-corrected chi connectivity index (χ1v) is 5.41. The van der Waals surface area contributed by atoms with E-state index < -0.39 is 0 Å². The summed E-state index contributed by atoms with van der Waals surface area (Å²) in [6, 6.07) is 3.97. The average molecular weight is 226 g/mol. The van der Waals surface area contributed by atoms with Gasteiger partial charge in [-0.05, 0) is 43.2 Å². The fraction of sp³-hybridized carbons (Fsp3) is 0.143. The highest BCUT2D eigenvalue weighted by atomic mass is 16.1. The zero-order valence-corrected chi connectivity index (χ0v) is 9.97. The maximum Gasteiger partial charge on any atom is 0.273 e. The number of benzene rings is 1. The van der Waals surface area contributed by atoms with E-state index in [0.717, 1.165) is 16.6 Å². The molecule has 1 aromatic carbocycles. The molecule has 0 aliphatic heterocycles. The van der Waals surface area contributed by atoms with E-state index in [9.17, 15) is 4.79 Å². The second-order valence-electron chi connectivity index (χ2n) is 3.97. The van der Waals surface area contributed by atoms with Crippen LogP contribution in [0.2, 0.25) is 0 Å². The molecule has 2 aromatic rings. The standard InChI is InChI=1S/C14H14N2O/c1-4-5-6-16-13-8-11(3)10(2)7-12(13)15-9-14(16)17/h4-9H,1H2,2-3H3. The molecule has 0 radical (unpaired) electrons. The smallest absolute Gasteiger partial charge is 0.273 e. The minimum atomic E-state index is -0.140. The molecule has 2 rings (SSSR count). The first-order chi connectivity index (χ1) is 8.13. The molecule has 0 saturated carbocycles. The van der Waals surface area contributed by atoms with Gasteiger partial charge in [-0.3, -0.25) is 9.36 Å². The van der Waals surface area contributed by atoms with Gasteiger partial charge >= 0.3 is 0 Å². The Balaban J connectivity index is 2.84. The van der Waals surface area contributed by atoms with Gasteiger partial charge in [-0.1, -0.05) is 12.7 Å². The molecule has 0 aliphatic rings. The lowest BCUT2D eigenvalue weighted by Crippen LogP contribution is -2.15. The van der Waals surface area contributed by atoms with Gasteiger partial charge < -0.3 is 0 Å². The van der Waals surface area contributed by atoms with E-state index in [4.69, 9.17) is 0 Å². The summed E-state index contributed by atoms with van der Waals surface area (Å²) in [4.78, 5) is 15.9. The minimum absolute atomic E-state index is 0.140. The summed E-state index contributed by atoms with van der Waals surface area (Å²) in [6.07, 6.45) is 6.41. The molecule has 3 heteroatoms. The molecule has 86 valence electrons. The van der Waals surface area contributed by atoms with Crippen molar-refractivity contribution in [3.05, 3.63) is 58.5 Å². The lowest BCUT2D eigenvalue weighted by molar-refractivity contribution is 1.07. The highest BCUT2D eigenvalue weighted by molar-refractivity contribution is 5.78. The molecule has 0 fully saturated rings. The van der Waals surface area contributed by atoms with Crippen LogP contribution in [0.25, 0.3) is 17.2 Å². The molecule has 0 aliphatic carbocycles.